The highest BCUT2D eigenvalue weighted by Crippen LogP contribution is 2.47. The van der Waals surface area contributed by atoms with Crippen molar-refractivity contribution in [2.24, 2.45) is 25.0 Å². The Bertz CT molecular complexity index is 8230. The number of aryl methyl sites for hydroxylation is 5. The minimum Gasteiger partial charge on any atom is -0.462 e. The molecule has 0 bridgehead atoms. The van der Waals surface area contributed by atoms with Crippen molar-refractivity contribution < 1.29 is 27.0 Å². The van der Waals surface area contributed by atoms with Crippen molar-refractivity contribution in [1.29, 1.82) is 0 Å². The van der Waals surface area contributed by atoms with Crippen LogP contribution in [0.25, 0.3) is 85.7 Å². The van der Waals surface area contributed by atoms with E-state index in [0.29, 0.717) is 22.1 Å². The predicted molar refractivity (Wildman–Crippen MR) is 608 cm³/mol. The molecule has 147 heavy (non-hydrogen) atoms. The molecule has 9 aromatic carbocycles. The van der Waals surface area contributed by atoms with Crippen LogP contribution in [0.5, 0.6) is 0 Å². The van der Waals surface area contributed by atoms with Gasteiger partial charge in [-0.25, -0.2) is 24.9 Å². The molecular formula is C115H89Br6ClIN17O7. The lowest BCUT2D eigenvalue weighted by molar-refractivity contribution is -0.385. The number of halogens is 8. The second kappa shape index (κ2) is 42.2. The highest BCUT2D eigenvalue weighted by Gasteiger charge is 2.37. The van der Waals surface area contributed by atoms with Crippen LogP contribution in [0.1, 0.15) is 184 Å². The van der Waals surface area contributed by atoms with Crippen molar-refractivity contribution in [3.63, 3.8) is 0 Å². The molecule has 0 spiro atoms. The van der Waals surface area contributed by atoms with Crippen LogP contribution in [-0.2, 0) is 0 Å². The van der Waals surface area contributed by atoms with Crippen LogP contribution in [0.4, 0.5) is 5.69 Å². The van der Waals surface area contributed by atoms with Crippen LogP contribution in [0.2, 0.25) is 5.02 Å². The van der Waals surface area contributed by atoms with Crippen LogP contribution in [-0.4, -0.2) is 86.2 Å². The van der Waals surface area contributed by atoms with Crippen LogP contribution in [0, 0.1) is 48.3 Å². The van der Waals surface area contributed by atoms with E-state index in [2.05, 4.69) is 264 Å². The summed E-state index contributed by atoms with van der Waals surface area (Å²) in [7, 11) is 0. The van der Waals surface area contributed by atoms with Gasteiger partial charge >= 0.3 is 0 Å². The maximum absolute atomic E-state index is 11.7. The molecule has 5 atom stereocenters. The summed E-state index contributed by atoms with van der Waals surface area (Å²) in [5.41, 5.74) is 32.8. The number of rotatable bonds is 11. The van der Waals surface area contributed by atoms with Gasteiger partial charge in [-0.2, -0.15) is 0 Å². The van der Waals surface area contributed by atoms with E-state index in [9.17, 15) is 10.1 Å². The average molecular weight is 2460 g/mol. The summed E-state index contributed by atoms with van der Waals surface area (Å²) in [5, 5.41) is 12.4. The number of nitro benzene ring substituents is 1. The van der Waals surface area contributed by atoms with Crippen LogP contribution in [0.3, 0.4) is 0 Å². The summed E-state index contributed by atoms with van der Waals surface area (Å²) in [6.45, 7) is 20.4. The van der Waals surface area contributed by atoms with E-state index in [1.165, 1.54) is 9.64 Å². The number of aromatic nitrogens is 11. The van der Waals surface area contributed by atoms with Gasteiger partial charge in [0.05, 0.1) is 163 Å². The van der Waals surface area contributed by atoms with Crippen molar-refractivity contribution in [1.82, 2.24) is 52.7 Å². The molecule has 0 N–H and O–H groups in total. The molecule has 0 saturated carbocycles. The normalized spacial score (nSPS) is 15.3. The summed E-state index contributed by atoms with van der Waals surface area (Å²) in [6, 6.07) is 76.7. The molecule has 5 aliphatic heterocycles. The number of hydrogen-bond donors (Lipinski definition) is 0. The second-order valence-corrected chi connectivity index (χ2v) is 42.4. The predicted octanol–water partition coefficient (Wildman–Crippen LogP) is 32.5. The molecular weight excluding hydrogens is 2370 g/mol. The number of aliphatic imine (C=N–C) groups is 5. The summed E-state index contributed by atoms with van der Waals surface area (Å²) in [6.07, 6.45) is 19.5. The van der Waals surface area contributed by atoms with Gasteiger partial charge in [-0.3, -0.25) is 62.9 Å². The maximum Gasteiger partial charge on any atom is 0.278 e. The maximum atomic E-state index is 11.7. The zero-order valence-corrected chi connectivity index (χ0v) is 92.2. The second-order valence-electron chi connectivity index (χ2n) is 35.4. The monoisotopic (exact) mass is 2460 g/mol. The molecule has 0 unspecified atom stereocenters. The highest BCUT2D eigenvalue weighted by atomic mass is 127. The minimum atomic E-state index is -0.370. The summed E-state index contributed by atoms with van der Waals surface area (Å²) in [4.78, 5) is 64.9. The van der Waals surface area contributed by atoms with Gasteiger partial charge in [-0.1, -0.05) is 187 Å². The molecule has 0 aliphatic carbocycles. The fourth-order valence-corrected chi connectivity index (χ4v) is 22.4. The lowest BCUT2D eigenvalue weighted by atomic mass is 9.99. The zero-order valence-electron chi connectivity index (χ0n) is 79.7. The number of benzene rings is 9. The number of furan rings is 5. The first-order valence-corrected chi connectivity index (χ1v) is 52.8. The summed E-state index contributed by atoms with van der Waals surface area (Å²) < 4.78 is 46.3. The van der Waals surface area contributed by atoms with Gasteiger partial charge in [0.1, 0.15) is 60.1 Å². The van der Waals surface area contributed by atoms with Crippen molar-refractivity contribution in [2.45, 2.75) is 107 Å². The van der Waals surface area contributed by atoms with E-state index >= 15 is 0 Å². The fourth-order valence-electron chi connectivity index (χ4n) is 19.2. The third-order valence-corrected chi connectivity index (χ3v) is 30.4. The molecule has 20 aromatic rings. The SMILES string of the molecule is C.Cc1ccoc1-c1ncn2c1[C@H](C)N=C(c1ccccc1Br)c1cc(Br)ccc1-2.Cc1ccoc1-c1ncn2c1[C@H](C)N=C(c1ccccc1Cl)c1cc(Br)ccc1-2.Cc1ccoc1-c1ncn2c1[C@H](C)N=C(c1ccccc1I)c1cc(Br)ccc1-2.Cc1ccoc1-c1ncn2c1[C@H](C)N=C(c1ccccc1[N+](=O)[O-])c1cc(Br)ccc1-2.Cc1ccoc1-c1ncn2c1[C@H](C)N=C(c1ccccn1)c1cc(Br)ccc1-2. The number of nitro groups is 1. The van der Waals surface area contributed by atoms with Gasteiger partial charge in [0.15, 0.2) is 28.8 Å². The first-order chi connectivity index (χ1) is 70.7. The van der Waals surface area contributed by atoms with Crippen LogP contribution < -0.4 is 0 Å². The summed E-state index contributed by atoms with van der Waals surface area (Å²) >= 11 is 30.7. The topological polar surface area (TPSA) is 273 Å². The highest BCUT2D eigenvalue weighted by molar-refractivity contribution is 14.1. The first kappa shape index (κ1) is 101. The average Bonchev–Trinajstić information content (AvgIpc) is 1.61. The number of pyridine rings is 1. The van der Waals surface area contributed by atoms with E-state index in [-0.39, 0.29) is 48.2 Å². The Morgan fingerprint density at radius 1 is 0.313 bits per heavy atom. The lowest BCUT2D eigenvalue weighted by Crippen LogP contribution is -2.09. The van der Waals surface area contributed by atoms with Crippen LogP contribution >= 0.6 is 130 Å². The molecule has 0 saturated heterocycles. The smallest absolute Gasteiger partial charge is 0.278 e. The molecule has 5 aliphatic rings. The molecule has 11 aromatic heterocycles. The van der Waals surface area contributed by atoms with Crippen molar-refractivity contribution in [3.8, 4) is 85.7 Å². The third-order valence-electron chi connectivity index (χ3n) is 26.0. The lowest BCUT2D eigenvalue weighted by Gasteiger charge is -2.13. The molecule has 25 rings (SSSR count). The van der Waals surface area contributed by atoms with Gasteiger partial charge in [0, 0.05) is 92.2 Å². The van der Waals surface area contributed by atoms with Gasteiger partial charge in [0.25, 0.3) is 5.69 Å². The summed E-state index contributed by atoms with van der Waals surface area (Å²) in [5.74, 6) is 3.86. The number of hydrogen-bond acceptors (Lipinski definition) is 18. The van der Waals surface area contributed by atoms with E-state index < -0.39 is 0 Å². The third kappa shape index (κ3) is 19.1. The van der Waals surface area contributed by atoms with Crippen molar-refractivity contribution >= 4 is 164 Å². The van der Waals surface area contributed by atoms with Gasteiger partial charge in [0.2, 0.25) is 0 Å². The Morgan fingerprint density at radius 2 is 0.585 bits per heavy atom. The molecule has 0 amide bonds. The minimum absolute atomic E-state index is 0. The zero-order chi connectivity index (χ0) is 101. The number of para-hydroxylation sites is 1. The molecule has 32 heteroatoms. The quantitative estimate of drug-likeness (QED) is 0.0663. The van der Waals surface area contributed by atoms with Crippen molar-refractivity contribution in [2.75, 3.05) is 0 Å². The number of nitrogens with zero attached hydrogens (tertiary/aromatic N) is 17. The number of imidazole rings is 5. The van der Waals surface area contributed by atoms with E-state index in [1.54, 1.807) is 62.0 Å². The fraction of sp³-hybridized carbons (Fsp3) is 0.139. The Kier molecular flexibility index (Phi) is 28.9. The Labute approximate surface area is 915 Å². The Balaban J connectivity index is 0.000000111. The number of fused-ring (bicyclic) bond motifs is 15. The molecule has 16 heterocycles. The molecule has 24 nitrogen and oxygen atoms in total. The van der Waals surface area contributed by atoms with Gasteiger partial charge in [-0.05, 0) is 277 Å². The standard InChI is InChI=1S/C23H17Br2N3O.C23H17BrClN3O.C23H17BrIN3O.C23H17BrN4O3.C22H17BrN4O.CH4/c3*1-13-9-10-29-23(13)21-22-14(2)27-20(16-5-3-4-6-18(16)25)17-11-15(24)7-8-19(17)28(22)12-26-21;1-13-9-10-31-23(13)21-22-14(2)26-20(16-5-3-4-6-19(16)28(29)30)17-11-15(24)7-8-18(17)27(22)12-25-21;1-13-8-10-28-22(13)20-21-14(2)26-19(17-5-3-4-9-24-17)16-11-15(23)6-7-18(16)27(21)12-25-20;/h3*3-12,14H,1-2H3;3-12,14H,1-2H3;3-12,14H,1-2H3;1H4/t5*14-;/m00000./s1. The molecule has 732 valence electrons. The van der Waals surface area contributed by atoms with E-state index in [0.717, 1.165) is 236 Å². The van der Waals surface area contributed by atoms with E-state index in [1.807, 2.05) is 199 Å². The van der Waals surface area contributed by atoms with Gasteiger partial charge in [-0.15, -0.1) is 0 Å². The Morgan fingerprint density at radius 3 is 0.891 bits per heavy atom. The molecule has 0 radical (unpaired) electrons. The first-order valence-electron chi connectivity index (χ1n) is 46.6. The van der Waals surface area contributed by atoms with Gasteiger partial charge < -0.3 is 22.1 Å². The largest absolute Gasteiger partial charge is 0.462 e. The van der Waals surface area contributed by atoms with Crippen molar-refractivity contribution in [3.05, 3.63) is 463 Å². The molecule has 0 fully saturated rings. The van der Waals surface area contributed by atoms with Crippen LogP contribution in [0.15, 0.2) is 380 Å². The van der Waals surface area contributed by atoms with E-state index in [4.69, 9.17) is 73.6 Å². The Hall–Kier alpha value is -13.8.